The van der Waals surface area contributed by atoms with Gasteiger partial charge in [-0.15, -0.1) is 0 Å². The third-order valence-electron chi connectivity index (χ3n) is 4.67. The highest BCUT2D eigenvalue weighted by atomic mass is 35.5. The van der Waals surface area contributed by atoms with E-state index in [1.807, 2.05) is 19.1 Å². The Labute approximate surface area is 173 Å². The van der Waals surface area contributed by atoms with Crippen LogP contribution >= 0.6 is 11.6 Å². The maximum atomic E-state index is 12.0. The third kappa shape index (κ3) is 5.26. The molecule has 3 rings (SSSR count). The third-order valence-corrected chi connectivity index (χ3v) is 5.10. The topological polar surface area (TPSA) is 93.7 Å². The molecule has 0 spiro atoms. The van der Waals surface area contributed by atoms with Crippen LogP contribution in [-0.4, -0.2) is 30.1 Å². The van der Waals surface area contributed by atoms with Gasteiger partial charge in [0.2, 0.25) is 0 Å². The molecule has 29 heavy (non-hydrogen) atoms. The summed E-state index contributed by atoms with van der Waals surface area (Å²) in [7, 11) is 0. The Bertz CT molecular complexity index is 945. The molecule has 7 nitrogen and oxygen atoms in total. The first kappa shape index (κ1) is 20.7. The summed E-state index contributed by atoms with van der Waals surface area (Å²) in [5, 5.41) is 5.50. The Morgan fingerprint density at radius 3 is 2.41 bits per heavy atom. The lowest BCUT2D eigenvalue weighted by molar-refractivity contribution is -0.136. The van der Waals surface area contributed by atoms with Crippen molar-refractivity contribution in [1.29, 1.82) is 0 Å². The maximum absolute atomic E-state index is 12.0. The Morgan fingerprint density at radius 2 is 1.79 bits per heavy atom. The molecule has 1 saturated heterocycles. The number of urea groups is 1. The first-order chi connectivity index (χ1) is 13.7. The van der Waals surface area contributed by atoms with Crippen LogP contribution < -0.4 is 20.1 Å². The second-order valence-electron chi connectivity index (χ2n) is 7.06. The van der Waals surface area contributed by atoms with Gasteiger partial charge in [0.25, 0.3) is 5.91 Å². The van der Waals surface area contributed by atoms with Gasteiger partial charge in [0.05, 0.1) is 0 Å². The van der Waals surface area contributed by atoms with Crippen LogP contribution in [-0.2, 0) is 16.0 Å². The van der Waals surface area contributed by atoms with Crippen molar-refractivity contribution in [2.24, 2.45) is 0 Å². The van der Waals surface area contributed by atoms with Crippen LogP contribution in [0.1, 0.15) is 24.5 Å². The van der Waals surface area contributed by atoms with Crippen molar-refractivity contribution in [2.75, 3.05) is 6.61 Å². The van der Waals surface area contributed by atoms with Crippen LogP contribution in [0.3, 0.4) is 0 Å². The van der Waals surface area contributed by atoms with Crippen LogP contribution in [0.25, 0.3) is 0 Å². The average Bonchev–Trinajstić information content (AvgIpc) is 2.94. The summed E-state index contributed by atoms with van der Waals surface area (Å²) in [5.41, 5.74) is 0.893. The number of carbonyl (C=O) groups is 3. The van der Waals surface area contributed by atoms with Gasteiger partial charge in [0.15, 0.2) is 6.61 Å². The summed E-state index contributed by atoms with van der Waals surface area (Å²) in [6.45, 7) is 3.31. The number of hydrogen-bond donors (Lipinski definition) is 2. The fourth-order valence-corrected chi connectivity index (χ4v) is 3.00. The molecular weight excluding hydrogens is 396 g/mol. The monoisotopic (exact) mass is 416 g/mol. The molecule has 1 aliphatic rings. The molecule has 0 unspecified atom stereocenters. The molecule has 1 heterocycles. The van der Waals surface area contributed by atoms with E-state index in [0.29, 0.717) is 29.4 Å². The van der Waals surface area contributed by atoms with Crippen molar-refractivity contribution in [3.8, 4) is 11.5 Å². The Kier molecular flexibility index (Phi) is 6.08. The van der Waals surface area contributed by atoms with Gasteiger partial charge in [-0.3, -0.25) is 10.1 Å². The van der Waals surface area contributed by atoms with Crippen LogP contribution in [0.5, 0.6) is 11.5 Å². The Morgan fingerprint density at radius 1 is 1.10 bits per heavy atom. The van der Waals surface area contributed by atoms with Gasteiger partial charge in [0.1, 0.15) is 17.0 Å². The van der Waals surface area contributed by atoms with E-state index in [-0.39, 0.29) is 12.5 Å². The van der Waals surface area contributed by atoms with Crippen molar-refractivity contribution in [3.63, 3.8) is 0 Å². The predicted molar refractivity (Wildman–Crippen MR) is 107 cm³/mol. The number of nitrogens with one attached hydrogen (secondary N) is 2. The average molecular weight is 417 g/mol. The zero-order chi connectivity index (χ0) is 21.0. The van der Waals surface area contributed by atoms with E-state index in [9.17, 15) is 14.4 Å². The number of carbonyl (C=O) groups excluding carboxylic acids is 3. The summed E-state index contributed by atoms with van der Waals surface area (Å²) in [6.07, 6.45) is 1.04. The molecule has 8 heteroatoms. The minimum Gasteiger partial charge on any atom is -0.482 e. The van der Waals surface area contributed by atoms with Gasteiger partial charge < -0.3 is 14.8 Å². The van der Waals surface area contributed by atoms with E-state index in [1.54, 1.807) is 37.3 Å². The number of halogens is 1. The number of aryl methyl sites for hydroxylation is 2. The highest BCUT2D eigenvalue weighted by Gasteiger charge is 2.41. The zero-order valence-electron chi connectivity index (χ0n) is 16.1. The molecule has 1 fully saturated rings. The fourth-order valence-electron chi connectivity index (χ4n) is 2.88. The molecule has 1 atom stereocenters. The predicted octanol–water partition coefficient (Wildman–Crippen LogP) is 3.16. The summed E-state index contributed by atoms with van der Waals surface area (Å²) in [5.74, 6) is 0.0793. The molecule has 152 valence electrons. The molecule has 2 aromatic rings. The number of benzene rings is 2. The molecular formula is C21H21ClN2O5. The van der Waals surface area contributed by atoms with Crippen molar-refractivity contribution in [2.45, 2.75) is 32.2 Å². The number of imide groups is 1. The number of rotatable bonds is 7. The van der Waals surface area contributed by atoms with Crippen LogP contribution in [0.2, 0.25) is 5.02 Å². The normalized spacial score (nSPS) is 18.2. The number of hydrogen-bond acceptors (Lipinski definition) is 5. The van der Waals surface area contributed by atoms with Crippen LogP contribution in [0.4, 0.5) is 4.79 Å². The summed E-state index contributed by atoms with van der Waals surface area (Å²) >= 11 is 5.96. The first-order valence-corrected chi connectivity index (χ1v) is 9.45. The Balaban J connectivity index is 1.48. The number of esters is 1. The van der Waals surface area contributed by atoms with E-state index < -0.39 is 17.5 Å². The minimum atomic E-state index is -0.917. The van der Waals surface area contributed by atoms with E-state index >= 15 is 0 Å². The smallest absolute Gasteiger partial charge is 0.349 e. The summed E-state index contributed by atoms with van der Waals surface area (Å²) in [6, 6.07) is 11.6. The highest BCUT2D eigenvalue weighted by Crippen LogP contribution is 2.22. The number of ether oxygens (including phenoxy) is 2. The van der Waals surface area contributed by atoms with E-state index in [1.165, 1.54) is 0 Å². The number of amides is 3. The maximum Gasteiger partial charge on any atom is 0.349 e. The molecule has 3 amide bonds. The van der Waals surface area contributed by atoms with Gasteiger partial charge in [0, 0.05) is 5.02 Å². The van der Waals surface area contributed by atoms with Gasteiger partial charge >= 0.3 is 12.0 Å². The van der Waals surface area contributed by atoms with E-state index in [2.05, 4.69) is 10.6 Å². The summed E-state index contributed by atoms with van der Waals surface area (Å²) < 4.78 is 10.7. The molecule has 2 aromatic carbocycles. The van der Waals surface area contributed by atoms with Crippen molar-refractivity contribution < 1.29 is 23.9 Å². The van der Waals surface area contributed by atoms with Crippen molar-refractivity contribution >= 4 is 29.5 Å². The molecule has 1 aliphatic heterocycles. The lowest BCUT2D eigenvalue weighted by Gasteiger charge is -2.20. The van der Waals surface area contributed by atoms with Gasteiger partial charge in [-0.25, -0.2) is 9.59 Å². The summed E-state index contributed by atoms with van der Waals surface area (Å²) in [4.78, 5) is 35.1. The van der Waals surface area contributed by atoms with E-state index in [0.717, 1.165) is 11.1 Å². The van der Waals surface area contributed by atoms with Gasteiger partial charge in [-0.1, -0.05) is 23.7 Å². The van der Waals surface area contributed by atoms with Crippen LogP contribution in [0, 0.1) is 6.92 Å². The fraction of sp³-hybridized carbons (Fsp3) is 0.286. The Hall–Kier alpha value is -3.06. The molecule has 0 bridgehead atoms. The quantitative estimate of drug-likeness (QED) is 0.411. The SMILES string of the molecule is Cc1cc(OCC(=O)Oc2ccc(CC[C@]3(C)NC(=O)NC3=O)cc2)ccc1Cl. The minimum absolute atomic E-state index is 0.226. The molecule has 0 aliphatic carbocycles. The first-order valence-electron chi connectivity index (χ1n) is 9.07. The second-order valence-corrected chi connectivity index (χ2v) is 7.47. The largest absolute Gasteiger partial charge is 0.482 e. The van der Waals surface area contributed by atoms with Gasteiger partial charge in [-0.2, -0.15) is 0 Å². The van der Waals surface area contributed by atoms with Crippen molar-refractivity contribution in [3.05, 3.63) is 58.6 Å². The zero-order valence-corrected chi connectivity index (χ0v) is 16.8. The molecule has 0 aromatic heterocycles. The molecule has 0 radical (unpaired) electrons. The second kappa shape index (κ2) is 8.53. The van der Waals surface area contributed by atoms with E-state index in [4.69, 9.17) is 21.1 Å². The van der Waals surface area contributed by atoms with Gasteiger partial charge in [-0.05, 0) is 68.1 Å². The highest BCUT2D eigenvalue weighted by molar-refractivity contribution is 6.31. The molecule has 0 saturated carbocycles. The lowest BCUT2D eigenvalue weighted by Crippen LogP contribution is -2.43. The lowest BCUT2D eigenvalue weighted by atomic mass is 9.93. The molecule has 2 N–H and O–H groups in total. The standard InChI is InChI=1S/C21H21ClN2O5/c1-13-11-16(7-8-17(13)22)28-12-18(25)29-15-5-3-14(4-6-15)9-10-21(2)19(26)23-20(27)24-21/h3-8,11H,9-10,12H2,1-2H3,(H2,23,24,26,27)/t21-/m0/s1. The van der Waals surface area contributed by atoms with Crippen LogP contribution in [0.15, 0.2) is 42.5 Å². The van der Waals surface area contributed by atoms with Crippen molar-refractivity contribution in [1.82, 2.24) is 10.6 Å².